The average Bonchev–Trinajstić information content (AvgIpc) is 3.39. The quantitative estimate of drug-likeness (QED) is 0.674. The van der Waals surface area contributed by atoms with Crippen LogP contribution >= 0.6 is 11.6 Å². The second-order valence-corrected chi connectivity index (χ2v) is 13.1. The molecule has 0 radical (unpaired) electrons. The average molecular weight is 444 g/mol. The molecule has 140 valence electrons. The molecule has 1 fully saturated rings. The molecule has 1 aliphatic rings. The Balaban J connectivity index is 2.18. The van der Waals surface area contributed by atoms with Crippen molar-refractivity contribution in [2.75, 3.05) is 6.61 Å². The Bertz CT molecular complexity index is 939. The molecule has 0 amide bonds. The van der Waals surface area contributed by atoms with Crippen LogP contribution in [0.2, 0.25) is 21.2 Å². The van der Waals surface area contributed by atoms with Gasteiger partial charge in [-0.05, 0) is 0 Å². The number of fused-ring (bicyclic) bond motifs is 1. The van der Waals surface area contributed by atoms with E-state index >= 15 is 0 Å². The van der Waals surface area contributed by atoms with Gasteiger partial charge in [0.1, 0.15) is 0 Å². The molecule has 1 aliphatic carbocycles. The number of hydrogen-bond acceptors (Lipinski definition) is 3. The molecular formula is C18H20AsClFNO4. The van der Waals surface area contributed by atoms with Crippen molar-refractivity contribution in [3.05, 3.63) is 38.9 Å². The fraction of sp³-hybridized carbons (Fsp3) is 0.444. The molecule has 1 heterocycles. The van der Waals surface area contributed by atoms with Gasteiger partial charge in [-0.25, -0.2) is 0 Å². The van der Waals surface area contributed by atoms with E-state index in [1.807, 2.05) is 0 Å². The van der Waals surface area contributed by atoms with Crippen molar-refractivity contribution in [3.63, 3.8) is 0 Å². The van der Waals surface area contributed by atoms with Crippen molar-refractivity contribution in [2.45, 2.75) is 41.9 Å². The Hall–Kier alpha value is -1.52. The first-order valence-corrected chi connectivity index (χ1v) is 13.5. The van der Waals surface area contributed by atoms with Gasteiger partial charge in [-0.3, -0.25) is 0 Å². The summed E-state index contributed by atoms with van der Waals surface area (Å²) in [4.78, 5) is 23.9. The van der Waals surface area contributed by atoms with Crippen LogP contribution in [0.5, 0.6) is 5.75 Å². The number of carbonyl (C=O) groups is 1. The minimum atomic E-state index is -1.33. The Labute approximate surface area is 160 Å². The SMILES string of the molecule is CC(COc1c(F)cc2c(=O)c(C(=O)O)cn(C3CC3)c2c1Cl)[As](C)C. The van der Waals surface area contributed by atoms with E-state index in [1.165, 1.54) is 6.20 Å². The summed E-state index contributed by atoms with van der Waals surface area (Å²) in [5.41, 5.74) is 3.61. The number of carboxylic acid groups (broad SMARTS) is 1. The first-order valence-electron chi connectivity index (χ1n) is 8.31. The summed E-state index contributed by atoms with van der Waals surface area (Å²) >= 11 is 5.43. The van der Waals surface area contributed by atoms with E-state index in [4.69, 9.17) is 16.3 Å². The molecule has 1 aromatic heterocycles. The number of hydrogen-bond donors (Lipinski definition) is 1. The zero-order chi connectivity index (χ0) is 19.2. The second kappa shape index (κ2) is 7.24. The second-order valence-electron chi connectivity index (χ2n) is 6.84. The van der Waals surface area contributed by atoms with Crippen molar-refractivity contribution < 1.29 is 19.0 Å². The summed E-state index contributed by atoms with van der Waals surface area (Å²) in [5, 5.41) is 9.28. The summed E-state index contributed by atoms with van der Waals surface area (Å²) in [6, 6.07) is 1.11. The molecule has 26 heavy (non-hydrogen) atoms. The van der Waals surface area contributed by atoms with Crippen molar-refractivity contribution in [2.24, 2.45) is 0 Å². The predicted molar refractivity (Wildman–Crippen MR) is 101 cm³/mol. The molecule has 1 N–H and O–H groups in total. The van der Waals surface area contributed by atoms with Crippen LogP contribution in [-0.4, -0.2) is 36.9 Å². The van der Waals surface area contributed by atoms with Gasteiger partial charge in [0.2, 0.25) is 0 Å². The molecule has 8 heteroatoms. The van der Waals surface area contributed by atoms with Gasteiger partial charge in [0.25, 0.3) is 0 Å². The number of aromatic nitrogens is 1. The van der Waals surface area contributed by atoms with Gasteiger partial charge in [-0.2, -0.15) is 0 Å². The number of benzene rings is 1. The van der Waals surface area contributed by atoms with Gasteiger partial charge in [-0.1, -0.05) is 0 Å². The fourth-order valence-corrected chi connectivity index (χ4v) is 3.83. The molecule has 0 saturated heterocycles. The van der Waals surface area contributed by atoms with Crippen molar-refractivity contribution >= 4 is 43.1 Å². The summed E-state index contributed by atoms with van der Waals surface area (Å²) in [6.07, 6.45) is 3.02. The van der Waals surface area contributed by atoms with Gasteiger partial charge in [0, 0.05) is 0 Å². The first kappa shape index (κ1) is 19.2. The monoisotopic (exact) mass is 443 g/mol. The van der Waals surface area contributed by atoms with Crippen molar-refractivity contribution in [3.8, 4) is 5.75 Å². The molecule has 1 atom stereocenters. The number of halogens is 2. The van der Waals surface area contributed by atoms with Crippen LogP contribution < -0.4 is 10.2 Å². The maximum absolute atomic E-state index is 14.6. The topological polar surface area (TPSA) is 68.5 Å². The predicted octanol–water partition coefficient (Wildman–Crippen LogP) is 4.35. The van der Waals surface area contributed by atoms with Gasteiger partial charge in [0.15, 0.2) is 0 Å². The number of nitrogens with zero attached hydrogens (tertiary/aromatic N) is 1. The fourth-order valence-electron chi connectivity index (χ4n) is 2.70. The number of aromatic carboxylic acids is 1. The van der Waals surface area contributed by atoms with Gasteiger partial charge >= 0.3 is 160 Å². The third kappa shape index (κ3) is 3.49. The van der Waals surface area contributed by atoms with Crippen LogP contribution in [-0.2, 0) is 0 Å². The first-order chi connectivity index (χ1) is 12.2. The van der Waals surface area contributed by atoms with E-state index in [-0.39, 0.29) is 27.8 Å². The third-order valence-electron chi connectivity index (χ3n) is 4.69. The van der Waals surface area contributed by atoms with Gasteiger partial charge < -0.3 is 0 Å². The van der Waals surface area contributed by atoms with Gasteiger partial charge in [0.05, 0.1) is 0 Å². The molecule has 1 saturated carbocycles. The molecule has 1 aromatic carbocycles. The third-order valence-corrected chi connectivity index (χ3v) is 9.05. The number of ether oxygens (including phenoxy) is 1. The van der Waals surface area contributed by atoms with E-state index in [2.05, 4.69) is 18.3 Å². The number of carboxylic acids is 1. The Kier molecular flexibility index (Phi) is 5.36. The summed E-state index contributed by atoms with van der Waals surface area (Å²) in [5.74, 6) is -2.15. The molecular weight excluding hydrogens is 424 g/mol. The van der Waals surface area contributed by atoms with Crippen LogP contribution in [0.15, 0.2) is 17.1 Å². The molecule has 2 aromatic rings. The maximum atomic E-state index is 14.6. The molecule has 0 spiro atoms. The molecule has 3 rings (SSSR count). The molecule has 0 aliphatic heterocycles. The Morgan fingerprint density at radius 1 is 1.50 bits per heavy atom. The van der Waals surface area contributed by atoms with Crippen molar-refractivity contribution in [1.29, 1.82) is 0 Å². The Morgan fingerprint density at radius 3 is 2.69 bits per heavy atom. The van der Waals surface area contributed by atoms with E-state index in [0.717, 1.165) is 18.9 Å². The summed E-state index contributed by atoms with van der Waals surface area (Å²) in [7, 11) is 0. The normalized spacial score (nSPS) is 15.5. The van der Waals surface area contributed by atoms with E-state index in [1.54, 1.807) is 4.57 Å². The van der Waals surface area contributed by atoms with Crippen LogP contribution in [0.3, 0.4) is 0 Å². The van der Waals surface area contributed by atoms with Gasteiger partial charge in [-0.15, -0.1) is 0 Å². The summed E-state index contributed by atoms with van der Waals surface area (Å²) < 4.78 is 22.3. The standard InChI is InChI=1S/C18H20AsClFNO4/c1-9(19(2)3)8-26-17-13(21)6-11-15(14(17)20)22(10-4-5-10)7-12(16(11)23)18(24)25/h6-7,9-10H,4-5,8H2,1-3H3,(H,24,25). The zero-order valence-corrected chi connectivity index (χ0v) is 17.4. The van der Waals surface area contributed by atoms with Crippen LogP contribution in [0.25, 0.3) is 10.9 Å². The number of rotatable bonds is 6. The molecule has 1 unspecified atom stereocenters. The van der Waals surface area contributed by atoms with Crippen molar-refractivity contribution in [1.82, 2.24) is 4.57 Å². The Morgan fingerprint density at radius 2 is 2.15 bits per heavy atom. The van der Waals surface area contributed by atoms with E-state index < -0.39 is 31.9 Å². The zero-order valence-electron chi connectivity index (χ0n) is 14.8. The molecule has 5 nitrogen and oxygen atoms in total. The van der Waals surface area contributed by atoms with Crippen LogP contribution in [0.4, 0.5) is 4.39 Å². The minimum absolute atomic E-state index is 0.0272. The molecule has 0 bridgehead atoms. The number of pyridine rings is 1. The van der Waals surface area contributed by atoms with E-state index in [0.29, 0.717) is 16.8 Å². The summed E-state index contributed by atoms with van der Waals surface area (Å²) in [6.45, 7) is 2.42. The van der Waals surface area contributed by atoms with Crippen LogP contribution in [0.1, 0.15) is 36.2 Å². The van der Waals surface area contributed by atoms with Crippen LogP contribution in [0, 0.1) is 5.82 Å². The van der Waals surface area contributed by atoms with E-state index in [9.17, 15) is 19.1 Å².